The van der Waals surface area contributed by atoms with E-state index in [1.807, 2.05) is 0 Å². The minimum atomic E-state index is -0.369. The number of thioether (sulfide) groups is 1. The van der Waals surface area contributed by atoms with Crippen molar-refractivity contribution >= 4 is 29.3 Å². The summed E-state index contributed by atoms with van der Waals surface area (Å²) >= 11 is 1.35. The van der Waals surface area contributed by atoms with Crippen LogP contribution in [0.5, 0.6) is 0 Å². The van der Waals surface area contributed by atoms with Gasteiger partial charge in [-0.3, -0.25) is 14.4 Å². The number of carbonyl (C=O) groups is 3. The number of carbonyl (C=O) groups excluding carboxylic acids is 3. The molecular formula is C11H10O4S. The standard InChI is InChI=1S/C11H10O4S/c1-15-11(14)10-4-6-7(5-16-10)9(13)3-2-8(6)12/h2-3,10H,4-5H2,1H3. The van der Waals surface area contributed by atoms with E-state index >= 15 is 0 Å². The second-order valence-electron chi connectivity index (χ2n) is 3.55. The van der Waals surface area contributed by atoms with Gasteiger partial charge in [0, 0.05) is 16.9 Å². The van der Waals surface area contributed by atoms with Crippen molar-refractivity contribution in [2.24, 2.45) is 0 Å². The van der Waals surface area contributed by atoms with Crippen LogP contribution in [-0.2, 0) is 19.1 Å². The fraction of sp³-hybridized carbons (Fsp3) is 0.364. The van der Waals surface area contributed by atoms with Crippen molar-refractivity contribution in [1.29, 1.82) is 0 Å². The first-order chi connectivity index (χ1) is 7.63. The Morgan fingerprint density at radius 2 is 1.94 bits per heavy atom. The van der Waals surface area contributed by atoms with E-state index in [1.54, 1.807) is 0 Å². The minimum absolute atomic E-state index is 0.120. The molecule has 1 unspecified atom stereocenters. The van der Waals surface area contributed by atoms with Crippen LogP contribution in [0.4, 0.5) is 0 Å². The lowest BCUT2D eigenvalue weighted by molar-refractivity contribution is -0.140. The van der Waals surface area contributed by atoms with Crippen LogP contribution >= 0.6 is 11.8 Å². The second kappa shape index (κ2) is 4.25. The highest BCUT2D eigenvalue weighted by atomic mass is 32.2. The lowest BCUT2D eigenvalue weighted by Crippen LogP contribution is -2.29. The maximum atomic E-state index is 11.6. The van der Waals surface area contributed by atoms with Crippen molar-refractivity contribution in [3.63, 3.8) is 0 Å². The van der Waals surface area contributed by atoms with E-state index in [1.165, 1.54) is 31.0 Å². The maximum absolute atomic E-state index is 11.6. The van der Waals surface area contributed by atoms with Crippen molar-refractivity contribution in [3.05, 3.63) is 23.3 Å². The third-order valence-corrected chi connectivity index (χ3v) is 3.84. The summed E-state index contributed by atoms with van der Waals surface area (Å²) in [5.74, 6) is -0.218. The Kier molecular flexibility index (Phi) is 2.96. The van der Waals surface area contributed by atoms with Crippen LogP contribution < -0.4 is 0 Å². The molecular weight excluding hydrogens is 228 g/mol. The highest BCUT2D eigenvalue weighted by Crippen LogP contribution is 2.33. The molecule has 0 saturated heterocycles. The van der Waals surface area contributed by atoms with E-state index in [0.29, 0.717) is 23.3 Å². The van der Waals surface area contributed by atoms with Gasteiger partial charge in [0.2, 0.25) is 0 Å². The summed E-state index contributed by atoms with van der Waals surface area (Å²) in [6.45, 7) is 0. The average Bonchev–Trinajstić information content (AvgIpc) is 2.32. The number of esters is 1. The van der Waals surface area contributed by atoms with Gasteiger partial charge in [-0.2, -0.15) is 0 Å². The summed E-state index contributed by atoms with van der Waals surface area (Å²) in [6.07, 6.45) is 2.85. The van der Waals surface area contributed by atoms with Gasteiger partial charge in [0.05, 0.1) is 7.11 Å². The predicted molar refractivity (Wildman–Crippen MR) is 59.1 cm³/mol. The van der Waals surface area contributed by atoms with E-state index in [2.05, 4.69) is 4.74 Å². The Hall–Kier alpha value is -1.36. The number of hydrogen-bond acceptors (Lipinski definition) is 5. The molecule has 0 aromatic heterocycles. The molecule has 16 heavy (non-hydrogen) atoms. The van der Waals surface area contributed by atoms with Crippen molar-refractivity contribution in [2.75, 3.05) is 12.9 Å². The largest absolute Gasteiger partial charge is 0.468 e. The molecule has 2 rings (SSSR count). The lowest BCUT2D eigenvalue weighted by Gasteiger charge is -2.24. The SMILES string of the molecule is COC(=O)C1CC2=C(CS1)C(=O)C=CC2=O. The number of hydrogen-bond donors (Lipinski definition) is 0. The number of methoxy groups -OCH3 is 1. The van der Waals surface area contributed by atoms with Gasteiger partial charge in [-0.25, -0.2) is 0 Å². The minimum Gasteiger partial charge on any atom is -0.468 e. The number of allylic oxidation sites excluding steroid dienone is 3. The molecule has 5 heteroatoms. The number of rotatable bonds is 1. The molecule has 1 aliphatic carbocycles. The van der Waals surface area contributed by atoms with Gasteiger partial charge in [0.15, 0.2) is 11.6 Å². The Morgan fingerprint density at radius 1 is 1.31 bits per heavy atom. The summed E-state index contributed by atoms with van der Waals surface area (Å²) in [7, 11) is 1.32. The third kappa shape index (κ3) is 1.82. The molecule has 0 bridgehead atoms. The molecule has 0 fully saturated rings. The van der Waals surface area contributed by atoms with Crippen molar-refractivity contribution in [2.45, 2.75) is 11.7 Å². The molecule has 1 heterocycles. The molecule has 0 amide bonds. The predicted octanol–water partition coefficient (Wildman–Crippen LogP) is 0.669. The van der Waals surface area contributed by atoms with E-state index in [0.717, 1.165) is 0 Å². The first kappa shape index (κ1) is 11.1. The van der Waals surface area contributed by atoms with Crippen LogP contribution in [0.15, 0.2) is 23.3 Å². The van der Waals surface area contributed by atoms with E-state index < -0.39 is 0 Å². The summed E-state index contributed by atoms with van der Waals surface area (Å²) in [6, 6.07) is 0. The summed E-state index contributed by atoms with van der Waals surface area (Å²) < 4.78 is 4.63. The molecule has 0 aromatic carbocycles. The zero-order valence-electron chi connectivity index (χ0n) is 8.69. The van der Waals surface area contributed by atoms with Gasteiger partial charge in [0.1, 0.15) is 5.25 Å². The topological polar surface area (TPSA) is 60.4 Å². The van der Waals surface area contributed by atoms with Gasteiger partial charge < -0.3 is 4.74 Å². The molecule has 1 atom stereocenters. The van der Waals surface area contributed by atoms with Crippen LogP contribution in [0, 0.1) is 0 Å². The van der Waals surface area contributed by atoms with E-state index in [9.17, 15) is 14.4 Å². The molecule has 84 valence electrons. The second-order valence-corrected chi connectivity index (χ2v) is 4.74. The molecule has 0 N–H and O–H groups in total. The zero-order chi connectivity index (χ0) is 11.7. The molecule has 2 aliphatic rings. The first-order valence-electron chi connectivity index (χ1n) is 4.81. The van der Waals surface area contributed by atoms with Crippen molar-refractivity contribution in [3.8, 4) is 0 Å². The molecule has 4 nitrogen and oxygen atoms in total. The fourth-order valence-corrected chi connectivity index (χ4v) is 2.94. The average molecular weight is 238 g/mol. The fourth-order valence-electron chi connectivity index (χ4n) is 1.74. The van der Waals surface area contributed by atoms with Crippen LogP contribution in [0.1, 0.15) is 6.42 Å². The number of ether oxygens (including phenoxy) is 1. The Morgan fingerprint density at radius 3 is 2.56 bits per heavy atom. The Bertz CT molecular complexity index is 433. The van der Waals surface area contributed by atoms with E-state index in [4.69, 9.17) is 0 Å². The van der Waals surface area contributed by atoms with Crippen LogP contribution in [-0.4, -0.2) is 35.6 Å². The maximum Gasteiger partial charge on any atom is 0.319 e. The molecule has 0 radical (unpaired) electrons. The van der Waals surface area contributed by atoms with Gasteiger partial charge >= 0.3 is 5.97 Å². The number of ketones is 2. The smallest absolute Gasteiger partial charge is 0.319 e. The highest BCUT2D eigenvalue weighted by Gasteiger charge is 2.33. The molecule has 0 saturated carbocycles. The monoisotopic (exact) mass is 238 g/mol. The van der Waals surface area contributed by atoms with Crippen molar-refractivity contribution in [1.82, 2.24) is 0 Å². The highest BCUT2D eigenvalue weighted by molar-refractivity contribution is 8.00. The van der Waals surface area contributed by atoms with Crippen LogP contribution in [0.3, 0.4) is 0 Å². The summed E-state index contributed by atoms with van der Waals surface area (Å²) in [5.41, 5.74) is 1.01. The van der Waals surface area contributed by atoms with Gasteiger partial charge in [-0.15, -0.1) is 11.8 Å². The zero-order valence-corrected chi connectivity index (χ0v) is 9.50. The lowest BCUT2D eigenvalue weighted by atomic mass is 9.92. The van der Waals surface area contributed by atoms with Gasteiger partial charge in [-0.1, -0.05) is 0 Å². The van der Waals surface area contributed by atoms with Gasteiger partial charge in [-0.05, 0) is 18.6 Å². The third-order valence-electron chi connectivity index (χ3n) is 2.63. The molecule has 0 spiro atoms. The first-order valence-corrected chi connectivity index (χ1v) is 5.86. The Labute approximate surface area is 96.7 Å². The van der Waals surface area contributed by atoms with Crippen LogP contribution in [0.25, 0.3) is 0 Å². The molecule has 1 aliphatic heterocycles. The normalized spacial score (nSPS) is 24.4. The van der Waals surface area contributed by atoms with Gasteiger partial charge in [0.25, 0.3) is 0 Å². The van der Waals surface area contributed by atoms with Crippen molar-refractivity contribution < 1.29 is 19.1 Å². The summed E-state index contributed by atoms with van der Waals surface area (Å²) in [5, 5.41) is -0.369. The Balaban J connectivity index is 2.25. The summed E-state index contributed by atoms with van der Waals surface area (Å²) in [4.78, 5) is 34.4. The molecule has 0 aromatic rings. The van der Waals surface area contributed by atoms with E-state index in [-0.39, 0.29) is 22.8 Å². The quantitative estimate of drug-likeness (QED) is 0.496. The van der Waals surface area contributed by atoms with Crippen LogP contribution in [0.2, 0.25) is 0 Å².